The Kier molecular flexibility index (Phi) is 9.53. The van der Waals surface area contributed by atoms with Crippen molar-refractivity contribution < 1.29 is 27.8 Å². The van der Waals surface area contributed by atoms with Gasteiger partial charge in [0, 0.05) is 60.9 Å². The molecule has 1 saturated heterocycles. The number of piperazine rings is 1. The van der Waals surface area contributed by atoms with Crippen LogP contribution in [0.1, 0.15) is 25.1 Å². The highest BCUT2D eigenvalue weighted by Crippen LogP contribution is 2.47. The Morgan fingerprint density at radius 1 is 0.759 bits per heavy atom. The van der Waals surface area contributed by atoms with Gasteiger partial charge in [0.15, 0.2) is 5.60 Å². The molecule has 1 fully saturated rings. The number of benzene rings is 3. The molecular formula is C37H36F4N10O3. The molecule has 1 atom stereocenters. The highest BCUT2D eigenvalue weighted by molar-refractivity contribution is 5.66. The maximum Gasteiger partial charge on any atom is 0.350 e. The van der Waals surface area contributed by atoms with E-state index >= 15 is 8.78 Å². The molecule has 1 unspecified atom stereocenters. The largest absolute Gasteiger partial charge is 0.389 e. The van der Waals surface area contributed by atoms with Crippen LogP contribution in [0.5, 0.6) is 0 Å². The summed E-state index contributed by atoms with van der Waals surface area (Å²) in [4.78, 5) is 21.2. The third-order valence-corrected chi connectivity index (χ3v) is 9.37. The Labute approximate surface area is 306 Å². The maximum absolute atomic E-state index is 16.2. The van der Waals surface area contributed by atoms with Crippen molar-refractivity contribution in [1.29, 1.82) is 0 Å². The first-order valence-electron chi connectivity index (χ1n) is 17.0. The van der Waals surface area contributed by atoms with Crippen molar-refractivity contribution in [2.75, 3.05) is 36.0 Å². The van der Waals surface area contributed by atoms with E-state index in [9.17, 15) is 23.8 Å². The van der Waals surface area contributed by atoms with Crippen LogP contribution in [-0.4, -0.2) is 81.5 Å². The fraction of sp³-hybridized carbons (Fsp3) is 0.297. The number of nitrogens with zero attached hydrogens (tertiary/aromatic N) is 10. The number of aromatic nitrogens is 8. The number of rotatable bonds is 11. The molecule has 13 nitrogen and oxygen atoms in total. The molecule has 3 aromatic heterocycles. The van der Waals surface area contributed by atoms with Gasteiger partial charge in [-0.15, -0.1) is 5.10 Å². The number of pyridine rings is 1. The average Bonchev–Trinajstić information content (AvgIpc) is 3.80. The van der Waals surface area contributed by atoms with E-state index in [0.717, 1.165) is 72.3 Å². The quantitative estimate of drug-likeness (QED) is 0.186. The van der Waals surface area contributed by atoms with Crippen LogP contribution >= 0.6 is 0 Å². The predicted octanol–water partition coefficient (Wildman–Crippen LogP) is 4.14. The molecule has 0 bridgehead atoms. The first-order valence-corrected chi connectivity index (χ1v) is 17.0. The van der Waals surface area contributed by atoms with Gasteiger partial charge in [0.1, 0.15) is 30.0 Å². The molecule has 1 aliphatic rings. The summed E-state index contributed by atoms with van der Waals surface area (Å²) in [5.41, 5.74) is -2.37. The fourth-order valence-corrected chi connectivity index (χ4v) is 6.53. The van der Waals surface area contributed by atoms with E-state index < -0.39 is 46.6 Å². The number of hydrogen-bond acceptors (Lipinski definition) is 10. The summed E-state index contributed by atoms with van der Waals surface area (Å²) < 4.78 is 64.3. The van der Waals surface area contributed by atoms with E-state index in [1.165, 1.54) is 27.8 Å². The van der Waals surface area contributed by atoms with E-state index in [2.05, 4.69) is 35.4 Å². The smallest absolute Gasteiger partial charge is 0.350 e. The number of alkyl halides is 2. The van der Waals surface area contributed by atoms with E-state index in [0.29, 0.717) is 17.3 Å². The summed E-state index contributed by atoms with van der Waals surface area (Å²) in [6, 6.07) is 19.7. The summed E-state index contributed by atoms with van der Waals surface area (Å²) in [6.07, 6.45) is 3.69. The van der Waals surface area contributed by atoms with Crippen LogP contribution in [0.4, 0.5) is 28.9 Å². The van der Waals surface area contributed by atoms with E-state index in [-0.39, 0.29) is 12.2 Å². The molecule has 2 N–H and O–H groups in total. The zero-order chi connectivity index (χ0) is 38.3. The highest BCUT2D eigenvalue weighted by Gasteiger charge is 2.58. The normalized spacial score (nSPS) is 15.0. The molecule has 280 valence electrons. The summed E-state index contributed by atoms with van der Waals surface area (Å²) in [5.74, 6) is -6.51. The minimum absolute atomic E-state index is 0.0816. The van der Waals surface area contributed by atoms with Crippen molar-refractivity contribution >= 4 is 11.4 Å². The van der Waals surface area contributed by atoms with E-state index in [4.69, 9.17) is 0 Å². The van der Waals surface area contributed by atoms with Gasteiger partial charge in [0.2, 0.25) is 0 Å². The van der Waals surface area contributed by atoms with Crippen LogP contribution in [0.3, 0.4) is 0 Å². The van der Waals surface area contributed by atoms with Gasteiger partial charge in [0.25, 0.3) is 0 Å². The second kappa shape index (κ2) is 14.1. The lowest BCUT2D eigenvalue weighted by molar-refractivity contribution is -0.207. The van der Waals surface area contributed by atoms with Crippen molar-refractivity contribution in [3.63, 3.8) is 0 Å². The summed E-state index contributed by atoms with van der Waals surface area (Å²) in [5, 5.41) is 35.9. The van der Waals surface area contributed by atoms with Crippen molar-refractivity contribution in [2.45, 2.75) is 44.1 Å². The first-order chi connectivity index (χ1) is 25.7. The van der Waals surface area contributed by atoms with Crippen LogP contribution in [0.2, 0.25) is 0 Å². The lowest BCUT2D eigenvalue weighted by Gasteiger charge is -2.37. The Morgan fingerprint density at radius 3 is 1.93 bits per heavy atom. The van der Waals surface area contributed by atoms with Crippen LogP contribution in [0, 0.1) is 11.6 Å². The van der Waals surface area contributed by atoms with Gasteiger partial charge in [-0.3, -0.25) is 4.98 Å². The van der Waals surface area contributed by atoms with Gasteiger partial charge in [-0.1, -0.05) is 18.2 Å². The monoisotopic (exact) mass is 744 g/mol. The van der Waals surface area contributed by atoms with Crippen LogP contribution < -0.4 is 15.5 Å². The fourth-order valence-electron chi connectivity index (χ4n) is 6.53. The van der Waals surface area contributed by atoms with Crippen LogP contribution in [0.15, 0.2) is 103 Å². The molecule has 0 spiro atoms. The molecule has 4 heterocycles. The van der Waals surface area contributed by atoms with Gasteiger partial charge < -0.3 is 20.0 Å². The molecule has 6 aromatic rings. The summed E-state index contributed by atoms with van der Waals surface area (Å²) in [7, 11) is 0. The first kappa shape index (κ1) is 36.4. The lowest BCUT2D eigenvalue weighted by atomic mass is 9.84. The molecular weight excluding hydrogens is 708 g/mol. The van der Waals surface area contributed by atoms with Gasteiger partial charge in [0.05, 0.1) is 24.4 Å². The van der Waals surface area contributed by atoms with E-state index in [1.807, 2.05) is 48.5 Å². The molecule has 3 aromatic carbocycles. The summed E-state index contributed by atoms with van der Waals surface area (Å²) in [6.45, 7) is 5.38. The highest BCUT2D eigenvalue weighted by atomic mass is 19.3. The number of halogens is 4. The maximum atomic E-state index is 16.2. The lowest BCUT2D eigenvalue weighted by Crippen LogP contribution is -2.48. The molecule has 17 heteroatoms. The molecule has 7 rings (SSSR count). The van der Waals surface area contributed by atoms with Gasteiger partial charge >= 0.3 is 11.6 Å². The zero-order valence-electron chi connectivity index (χ0n) is 29.3. The Hall–Kier alpha value is -5.94. The van der Waals surface area contributed by atoms with Crippen molar-refractivity contribution in [2.24, 2.45) is 0 Å². The van der Waals surface area contributed by atoms with Gasteiger partial charge in [-0.2, -0.15) is 13.9 Å². The van der Waals surface area contributed by atoms with Crippen molar-refractivity contribution in [3.05, 3.63) is 131 Å². The molecule has 0 aliphatic carbocycles. The van der Waals surface area contributed by atoms with Crippen LogP contribution in [-0.2, 0) is 24.6 Å². The predicted molar refractivity (Wildman–Crippen MR) is 190 cm³/mol. The molecule has 0 radical (unpaired) electrons. The third kappa shape index (κ3) is 7.19. The number of anilines is 2. The Morgan fingerprint density at radius 2 is 1.37 bits per heavy atom. The SMILES string of the molecule is CC(C)(O)Cn1ncn(-c2ccc(N3CCN(c4ccc(-c5ccc(C(F)(F)C(O)(Cn6cnnn6)c6ccc(F)cc6F)nc5)cc4)CC3)cc2)c1=O. The van der Waals surface area contributed by atoms with Gasteiger partial charge in [-0.25, -0.2) is 27.5 Å². The second-order valence-corrected chi connectivity index (χ2v) is 13.8. The number of tetrazole rings is 1. The minimum atomic E-state index is -4.16. The molecule has 0 amide bonds. The molecule has 1 aliphatic heterocycles. The second-order valence-electron chi connectivity index (χ2n) is 13.8. The van der Waals surface area contributed by atoms with E-state index in [1.54, 1.807) is 13.8 Å². The number of hydrogen-bond donors (Lipinski definition) is 2. The number of aliphatic hydroxyl groups is 2. The zero-order valence-corrected chi connectivity index (χ0v) is 29.3. The van der Waals surface area contributed by atoms with Gasteiger partial charge in [-0.05, 0) is 84.4 Å². The Balaban J connectivity index is 1.00. The summed E-state index contributed by atoms with van der Waals surface area (Å²) >= 11 is 0. The van der Waals surface area contributed by atoms with Crippen LogP contribution in [0.25, 0.3) is 16.8 Å². The van der Waals surface area contributed by atoms with Crippen molar-refractivity contribution in [1.82, 2.24) is 39.5 Å². The Bertz CT molecular complexity index is 2270. The third-order valence-electron chi connectivity index (χ3n) is 9.37. The topological polar surface area (TPSA) is 143 Å². The molecule has 54 heavy (non-hydrogen) atoms. The average molecular weight is 745 g/mol. The minimum Gasteiger partial charge on any atom is -0.389 e. The van der Waals surface area contributed by atoms with Crippen molar-refractivity contribution in [3.8, 4) is 16.8 Å². The molecule has 0 saturated carbocycles. The standard InChI is InChI=1S/C37H36F4N10O3/c1-35(2,53)21-51-34(52)50(24-44-51)30-11-9-29(10-12-30)48-17-15-47(16-18-48)28-7-3-25(4-8-28)26-5-14-33(42-20-26)37(40,41)36(54,22-49-23-43-45-46-49)31-13-6-27(38)19-32(31)39/h3-14,19-20,23-24,53-54H,15-18,21-22H2,1-2H3.